The van der Waals surface area contributed by atoms with E-state index in [2.05, 4.69) is 33.4 Å². The Bertz CT molecular complexity index is 652. The summed E-state index contributed by atoms with van der Waals surface area (Å²) in [4.78, 5) is 11.9. The second kappa shape index (κ2) is 9.10. The summed E-state index contributed by atoms with van der Waals surface area (Å²) in [6.07, 6.45) is 3.76. The number of rotatable bonds is 7. The number of benzene rings is 2. The van der Waals surface area contributed by atoms with Crippen LogP contribution in [0.15, 0.2) is 58.1 Å². The van der Waals surface area contributed by atoms with E-state index in [1.165, 1.54) is 0 Å². The molecule has 5 heteroatoms. The number of nitrogens with zero attached hydrogens (tertiary/aromatic N) is 1. The quantitative estimate of drug-likeness (QED) is 0.443. The van der Waals surface area contributed by atoms with Gasteiger partial charge in [-0.3, -0.25) is 4.79 Å². The number of halogens is 1. The minimum atomic E-state index is -0.242. The average Bonchev–Trinajstić information content (AvgIpc) is 2.57. The van der Waals surface area contributed by atoms with Gasteiger partial charge >= 0.3 is 0 Å². The van der Waals surface area contributed by atoms with Crippen LogP contribution < -0.4 is 10.2 Å². The number of hydrogen-bond acceptors (Lipinski definition) is 3. The van der Waals surface area contributed by atoms with Gasteiger partial charge in [0, 0.05) is 10.0 Å². The highest BCUT2D eigenvalue weighted by Crippen LogP contribution is 2.12. The Morgan fingerprint density at radius 3 is 2.52 bits per heavy atom. The number of hydrazone groups is 1. The molecule has 4 nitrogen and oxygen atoms in total. The zero-order valence-electron chi connectivity index (χ0n) is 13.0. The summed E-state index contributed by atoms with van der Waals surface area (Å²) in [5.41, 5.74) is 3.96. The molecule has 23 heavy (non-hydrogen) atoms. The predicted octanol–water partition coefficient (Wildman–Crippen LogP) is 4.39. The van der Waals surface area contributed by atoms with E-state index in [0.29, 0.717) is 5.56 Å². The first-order valence-electron chi connectivity index (χ1n) is 7.51. The molecular weight excluding hydrogens is 356 g/mol. The largest absolute Gasteiger partial charge is 0.494 e. The van der Waals surface area contributed by atoms with Crippen LogP contribution in [0.2, 0.25) is 0 Å². The number of amides is 1. The maximum absolute atomic E-state index is 11.9. The molecular formula is C18H19BrN2O2. The molecule has 0 aliphatic carbocycles. The van der Waals surface area contributed by atoms with Crippen molar-refractivity contribution >= 4 is 28.1 Å². The Labute approximate surface area is 144 Å². The van der Waals surface area contributed by atoms with Crippen LogP contribution in [0, 0.1) is 0 Å². The molecule has 0 unspecified atom stereocenters. The van der Waals surface area contributed by atoms with Gasteiger partial charge < -0.3 is 4.74 Å². The fourth-order valence-corrected chi connectivity index (χ4v) is 2.08. The van der Waals surface area contributed by atoms with Gasteiger partial charge in [-0.15, -0.1) is 0 Å². The second-order valence-electron chi connectivity index (χ2n) is 4.98. The van der Waals surface area contributed by atoms with E-state index in [4.69, 9.17) is 4.74 Å². The van der Waals surface area contributed by atoms with Crippen LogP contribution in [0.4, 0.5) is 0 Å². The van der Waals surface area contributed by atoms with Gasteiger partial charge in [-0.1, -0.05) is 29.3 Å². The molecule has 0 saturated carbocycles. The summed E-state index contributed by atoms with van der Waals surface area (Å²) in [5, 5.41) is 3.97. The third-order valence-electron chi connectivity index (χ3n) is 3.13. The lowest BCUT2D eigenvalue weighted by atomic mass is 10.2. The number of carbonyl (C=O) groups is 1. The smallest absolute Gasteiger partial charge is 0.271 e. The number of unbranched alkanes of at least 4 members (excludes halogenated alkanes) is 1. The van der Waals surface area contributed by atoms with Crippen LogP contribution >= 0.6 is 15.9 Å². The van der Waals surface area contributed by atoms with Crippen molar-refractivity contribution in [3.63, 3.8) is 0 Å². The van der Waals surface area contributed by atoms with Gasteiger partial charge in [0.15, 0.2) is 0 Å². The molecule has 0 fully saturated rings. The fourth-order valence-electron chi connectivity index (χ4n) is 1.82. The summed E-state index contributed by atoms with van der Waals surface area (Å²) < 4.78 is 6.52. The highest BCUT2D eigenvalue weighted by molar-refractivity contribution is 9.10. The fraction of sp³-hybridized carbons (Fsp3) is 0.222. The SMILES string of the molecule is CCCCOc1ccc(/C=N/NC(=O)c2ccc(Br)cc2)cc1. The zero-order chi connectivity index (χ0) is 16.5. The van der Waals surface area contributed by atoms with Crippen LogP contribution in [-0.2, 0) is 0 Å². The first kappa shape index (κ1) is 17.2. The zero-order valence-corrected chi connectivity index (χ0v) is 14.5. The Balaban J connectivity index is 1.85. The standard InChI is InChI=1S/C18H19BrN2O2/c1-2-3-12-23-17-10-4-14(5-11-17)13-20-21-18(22)15-6-8-16(19)9-7-15/h4-11,13H,2-3,12H2,1H3,(H,21,22)/b20-13+. The summed E-state index contributed by atoms with van der Waals surface area (Å²) in [7, 11) is 0. The minimum absolute atomic E-state index is 0.242. The van der Waals surface area contributed by atoms with E-state index < -0.39 is 0 Å². The lowest BCUT2D eigenvalue weighted by molar-refractivity contribution is 0.0955. The van der Waals surface area contributed by atoms with E-state index in [1.807, 2.05) is 36.4 Å². The molecule has 0 aliphatic rings. The summed E-state index contributed by atoms with van der Waals surface area (Å²) in [6, 6.07) is 14.7. The van der Waals surface area contributed by atoms with Crippen molar-refractivity contribution in [3.05, 3.63) is 64.1 Å². The summed E-state index contributed by atoms with van der Waals surface area (Å²) >= 11 is 3.33. The maximum Gasteiger partial charge on any atom is 0.271 e. The molecule has 0 bridgehead atoms. The van der Waals surface area contributed by atoms with Gasteiger partial charge in [0.25, 0.3) is 5.91 Å². The van der Waals surface area contributed by atoms with Crippen molar-refractivity contribution in [2.75, 3.05) is 6.61 Å². The molecule has 0 radical (unpaired) electrons. The minimum Gasteiger partial charge on any atom is -0.494 e. The molecule has 0 saturated heterocycles. The van der Waals surface area contributed by atoms with Gasteiger partial charge in [-0.2, -0.15) is 5.10 Å². The van der Waals surface area contributed by atoms with Crippen LogP contribution in [0.1, 0.15) is 35.7 Å². The first-order valence-corrected chi connectivity index (χ1v) is 8.30. The predicted molar refractivity (Wildman–Crippen MR) is 96.0 cm³/mol. The highest BCUT2D eigenvalue weighted by atomic mass is 79.9. The number of ether oxygens (including phenoxy) is 1. The number of hydrogen-bond donors (Lipinski definition) is 1. The molecule has 1 amide bonds. The Morgan fingerprint density at radius 2 is 1.87 bits per heavy atom. The average molecular weight is 375 g/mol. The topological polar surface area (TPSA) is 50.7 Å². The Hall–Kier alpha value is -2.14. The molecule has 0 aliphatic heterocycles. The second-order valence-corrected chi connectivity index (χ2v) is 5.89. The van der Waals surface area contributed by atoms with Crippen LogP contribution in [-0.4, -0.2) is 18.7 Å². The molecule has 2 aromatic carbocycles. The Kier molecular flexibility index (Phi) is 6.81. The van der Waals surface area contributed by atoms with Gasteiger partial charge in [0.2, 0.25) is 0 Å². The molecule has 0 atom stereocenters. The highest BCUT2D eigenvalue weighted by Gasteiger charge is 2.02. The van der Waals surface area contributed by atoms with Gasteiger partial charge in [0.1, 0.15) is 5.75 Å². The third kappa shape index (κ3) is 5.87. The lowest BCUT2D eigenvalue weighted by Crippen LogP contribution is -2.17. The molecule has 0 aromatic heterocycles. The molecule has 0 heterocycles. The van der Waals surface area contributed by atoms with Crippen molar-refractivity contribution < 1.29 is 9.53 Å². The summed E-state index contributed by atoms with van der Waals surface area (Å²) in [6.45, 7) is 2.86. The normalized spacial score (nSPS) is 10.7. The van der Waals surface area contributed by atoms with Crippen LogP contribution in [0.3, 0.4) is 0 Å². The molecule has 120 valence electrons. The number of nitrogens with one attached hydrogen (secondary N) is 1. The van der Waals surface area contributed by atoms with Crippen molar-refractivity contribution in [3.8, 4) is 5.75 Å². The van der Waals surface area contributed by atoms with Crippen molar-refractivity contribution in [2.24, 2.45) is 5.10 Å². The van der Waals surface area contributed by atoms with E-state index in [9.17, 15) is 4.79 Å². The molecule has 2 aromatic rings. The lowest BCUT2D eigenvalue weighted by Gasteiger charge is -2.05. The van der Waals surface area contributed by atoms with E-state index in [1.54, 1.807) is 18.3 Å². The van der Waals surface area contributed by atoms with Crippen LogP contribution in [0.25, 0.3) is 0 Å². The number of carbonyl (C=O) groups excluding carboxylic acids is 1. The first-order chi connectivity index (χ1) is 11.2. The van der Waals surface area contributed by atoms with Crippen molar-refractivity contribution in [1.82, 2.24) is 5.43 Å². The molecule has 1 N–H and O–H groups in total. The third-order valence-corrected chi connectivity index (χ3v) is 3.66. The van der Waals surface area contributed by atoms with E-state index in [0.717, 1.165) is 35.2 Å². The maximum atomic E-state index is 11.9. The van der Waals surface area contributed by atoms with E-state index >= 15 is 0 Å². The van der Waals surface area contributed by atoms with Crippen molar-refractivity contribution in [1.29, 1.82) is 0 Å². The molecule has 0 spiro atoms. The van der Waals surface area contributed by atoms with Gasteiger partial charge in [0.05, 0.1) is 12.8 Å². The monoisotopic (exact) mass is 374 g/mol. The van der Waals surface area contributed by atoms with Gasteiger partial charge in [-0.05, 0) is 60.5 Å². The Morgan fingerprint density at radius 1 is 1.17 bits per heavy atom. The molecule has 2 rings (SSSR count). The van der Waals surface area contributed by atoms with Gasteiger partial charge in [-0.25, -0.2) is 5.43 Å². The van der Waals surface area contributed by atoms with Crippen molar-refractivity contribution in [2.45, 2.75) is 19.8 Å². The summed E-state index contributed by atoms with van der Waals surface area (Å²) in [5.74, 6) is 0.600. The van der Waals surface area contributed by atoms with E-state index in [-0.39, 0.29) is 5.91 Å². The van der Waals surface area contributed by atoms with Crippen LogP contribution in [0.5, 0.6) is 5.75 Å².